The fourth-order valence-corrected chi connectivity index (χ4v) is 2.41. The van der Waals surface area contributed by atoms with Gasteiger partial charge in [-0.25, -0.2) is 9.50 Å². The van der Waals surface area contributed by atoms with Crippen molar-refractivity contribution >= 4 is 5.52 Å². The van der Waals surface area contributed by atoms with E-state index in [4.69, 9.17) is 4.74 Å². The van der Waals surface area contributed by atoms with E-state index < -0.39 is 0 Å². The van der Waals surface area contributed by atoms with Gasteiger partial charge in [-0.1, -0.05) is 0 Å². The summed E-state index contributed by atoms with van der Waals surface area (Å²) in [7, 11) is 0. The summed E-state index contributed by atoms with van der Waals surface area (Å²) in [6.45, 7) is 4.96. The third kappa shape index (κ3) is 2.31. The van der Waals surface area contributed by atoms with Gasteiger partial charge in [0.1, 0.15) is 5.52 Å². The van der Waals surface area contributed by atoms with Crippen LogP contribution in [0, 0.1) is 12.8 Å². The molecular formula is C13H18N4O. The molecule has 5 nitrogen and oxygen atoms in total. The van der Waals surface area contributed by atoms with Crippen LogP contribution in [0.3, 0.4) is 0 Å². The summed E-state index contributed by atoms with van der Waals surface area (Å²) in [4.78, 5) is 4.29. The Kier molecular flexibility index (Phi) is 3.15. The maximum atomic E-state index is 5.79. The van der Waals surface area contributed by atoms with Crippen molar-refractivity contribution in [3.8, 4) is 5.88 Å². The van der Waals surface area contributed by atoms with E-state index in [1.165, 1.54) is 6.42 Å². The van der Waals surface area contributed by atoms with Crippen molar-refractivity contribution in [3.63, 3.8) is 0 Å². The molecule has 3 rings (SSSR count). The average Bonchev–Trinajstić information content (AvgIpc) is 2.97. The standard InChI is InChI=1S/C13H18N4O/c1-10-8-12-13(15-5-6-17(12)16-10)18-7-3-11-2-4-14-9-11/h5-6,8,11,14H,2-4,7,9H2,1H3. The molecule has 1 atom stereocenters. The van der Waals surface area contributed by atoms with E-state index in [9.17, 15) is 0 Å². The van der Waals surface area contributed by atoms with Gasteiger partial charge in [0.25, 0.3) is 0 Å². The van der Waals surface area contributed by atoms with E-state index in [1.807, 2.05) is 23.7 Å². The van der Waals surface area contributed by atoms with Crippen molar-refractivity contribution in [2.24, 2.45) is 5.92 Å². The van der Waals surface area contributed by atoms with Crippen molar-refractivity contribution in [2.45, 2.75) is 19.8 Å². The lowest BCUT2D eigenvalue weighted by Crippen LogP contribution is -2.12. The molecule has 5 heteroatoms. The number of nitrogens with zero attached hydrogens (tertiary/aromatic N) is 3. The quantitative estimate of drug-likeness (QED) is 0.886. The highest BCUT2D eigenvalue weighted by atomic mass is 16.5. The highest BCUT2D eigenvalue weighted by molar-refractivity contribution is 5.56. The zero-order valence-corrected chi connectivity index (χ0v) is 10.6. The average molecular weight is 246 g/mol. The molecule has 0 radical (unpaired) electrons. The van der Waals surface area contributed by atoms with Gasteiger partial charge in [0.05, 0.1) is 12.3 Å². The summed E-state index contributed by atoms with van der Waals surface area (Å²) in [6, 6.07) is 2.00. The van der Waals surface area contributed by atoms with E-state index in [0.717, 1.165) is 43.2 Å². The summed E-state index contributed by atoms with van der Waals surface area (Å²) in [5.41, 5.74) is 1.92. The first-order valence-corrected chi connectivity index (χ1v) is 6.47. The molecule has 18 heavy (non-hydrogen) atoms. The van der Waals surface area contributed by atoms with E-state index in [2.05, 4.69) is 15.4 Å². The lowest BCUT2D eigenvalue weighted by Gasteiger charge is -2.09. The van der Waals surface area contributed by atoms with Crippen LogP contribution in [0.25, 0.3) is 5.52 Å². The summed E-state index contributed by atoms with van der Waals surface area (Å²) >= 11 is 0. The van der Waals surface area contributed by atoms with Crippen LogP contribution in [0.4, 0.5) is 0 Å². The van der Waals surface area contributed by atoms with Gasteiger partial charge < -0.3 is 10.1 Å². The van der Waals surface area contributed by atoms with Gasteiger partial charge in [0.15, 0.2) is 0 Å². The fraction of sp³-hybridized carbons (Fsp3) is 0.538. The first-order valence-electron chi connectivity index (χ1n) is 6.47. The molecule has 0 spiro atoms. The molecule has 2 aromatic heterocycles. The topological polar surface area (TPSA) is 51.5 Å². The zero-order valence-electron chi connectivity index (χ0n) is 10.6. The number of ether oxygens (including phenoxy) is 1. The first-order chi connectivity index (χ1) is 8.83. The number of fused-ring (bicyclic) bond motifs is 1. The Morgan fingerprint density at radius 3 is 3.33 bits per heavy atom. The van der Waals surface area contributed by atoms with Crippen LogP contribution in [0.1, 0.15) is 18.5 Å². The first kappa shape index (κ1) is 11.5. The second kappa shape index (κ2) is 4.94. The Morgan fingerprint density at radius 2 is 2.50 bits per heavy atom. The number of nitrogens with one attached hydrogen (secondary N) is 1. The van der Waals surface area contributed by atoms with Crippen molar-refractivity contribution in [3.05, 3.63) is 24.2 Å². The maximum Gasteiger partial charge on any atom is 0.240 e. The molecule has 1 aliphatic rings. The van der Waals surface area contributed by atoms with Crippen molar-refractivity contribution in [2.75, 3.05) is 19.7 Å². The van der Waals surface area contributed by atoms with E-state index in [1.54, 1.807) is 6.20 Å². The van der Waals surface area contributed by atoms with Gasteiger partial charge in [-0.3, -0.25) is 0 Å². The second-order valence-corrected chi connectivity index (χ2v) is 4.84. The lowest BCUT2D eigenvalue weighted by atomic mass is 10.1. The zero-order chi connectivity index (χ0) is 12.4. The van der Waals surface area contributed by atoms with Crippen LogP contribution in [0.15, 0.2) is 18.5 Å². The molecule has 2 aromatic rings. The monoisotopic (exact) mass is 246 g/mol. The van der Waals surface area contributed by atoms with Crippen LogP contribution < -0.4 is 10.1 Å². The van der Waals surface area contributed by atoms with Crippen LogP contribution in [-0.2, 0) is 0 Å². The minimum Gasteiger partial charge on any atom is -0.476 e. The molecule has 0 saturated carbocycles. The Bertz CT molecular complexity index is 531. The second-order valence-electron chi connectivity index (χ2n) is 4.84. The lowest BCUT2D eigenvalue weighted by molar-refractivity contribution is 0.276. The minimum atomic E-state index is 0.684. The van der Waals surface area contributed by atoms with Gasteiger partial charge in [-0.2, -0.15) is 5.10 Å². The molecule has 0 amide bonds. The van der Waals surface area contributed by atoms with Gasteiger partial charge in [-0.15, -0.1) is 0 Å². The van der Waals surface area contributed by atoms with E-state index >= 15 is 0 Å². The predicted octanol–water partition coefficient (Wildman–Crippen LogP) is 1.42. The number of hydrogen-bond donors (Lipinski definition) is 1. The Balaban J connectivity index is 1.66. The van der Waals surface area contributed by atoms with Crippen molar-refractivity contribution in [1.29, 1.82) is 0 Å². The molecule has 0 aromatic carbocycles. The normalized spacial score (nSPS) is 19.5. The number of aromatic nitrogens is 3. The molecular weight excluding hydrogens is 228 g/mol. The smallest absolute Gasteiger partial charge is 0.240 e. The van der Waals surface area contributed by atoms with Crippen LogP contribution in [0.5, 0.6) is 5.88 Å². The van der Waals surface area contributed by atoms with Gasteiger partial charge in [0.2, 0.25) is 5.88 Å². The van der Waals surface area contributed by atoms with E-state index in [0.29, 0.717) is 5.88 Å². The maximum absolute atomic E-state index is 5.79. The predicted molar refractivity (Wildman–Crippen MR) is 68.8 cm³/mol. The summed E-state index contributed by atoms with van der Waals surface area (Å²) in [5.74, 6) is 1.43. The van der Waals surface area contributed by atoms with E-state index in [-0.39, 0.29) is 0 Å². The van der Waals surface area contributed by atoms with Gasteiger partial charge in [0, 0.05) is 12.4 Å². The molecule has 1 aliphatic heterocycles. The minimum absolute atomic E-state index is 0.684. The van der Waals surface area contributed by atoms with Crippen LogP contribution >= 0.6 is 0 Å². The summed E-state index contributed by atoms with van der Waals surface area (Å²) in [5, 5.41) is 7.71. The molecule has 0 bridgehead atoms. The molecule has 3 heterocycles. The Hall–Kier alpha value is -1.62. The number of aryl methyl sites for hydroxylation is 1. The summed E-state index contributed by atoms with van der Waals surface area (Å²) < 4.78 is 7.61. The van der Waals surface area contributed by atoms with Gasteiger partial charge in [-0.05, 0) is 44.8 Å². The van der Waals surface area contributed by atoms with Crippen LogP contribution in [-0.4, -0.2) is 34.3 Å². The molecule has 1 fully saturated rings. The largest absolute Gasteiger partial charge is 0.476 e. The van der Waals surface area contributed by atoms with Crippen molar-refractivity contribution < 1.29 is 4.74 Å². The highest BCUT2D eigenvalue weighted by Gasteiger charge is 2.14. The van der Waals surface area contributed by atoms with Crippen LogP contribution in [0.2, 0.25) is 0 Å². The Labute approximate surface area is 106 Å². The highest BCUT2D eigenvalue weighted by Crippen LogP contribution is 2.18. The summed E-state index contributed by atoms with van der Waals surface area (Å²) in [6.07, 6.45) is 5.91. The molecule has 1 N–H and O–H groups in total. The molecule has 96 valence electrons. The van der Waals surface area contributed by atoms with Gasteiger partial charge >= 0.3 is 0 Å². The molecule has 0 aliphatic carbocycles. The molecule has 1 saturated heterocycles. The SMILES string of the molecule is Cc1cc2c(OCCC3CCNC3)nccn2n1. The fourth-order valence-electron chi connectivity index (χ4n) is 2.41. The Morgan fingerprint density at radius 1 is 1.56 bits per heavy atom. The number of hydrogen-bond acceptors (Lipinski definition) is 4. The third-order valence-electron chi connectivity index (χ3n) is 3.40. The number of rotatable bonds is 4. The van der Waals surface area contributed by atoms with Crippen molar-refractivity contribution in [1.82, 2.24) is 19.9 Å². The third-order valence-corrected chi connectivity index (χ3v) is 3.40. The molecule has 1 unspecified atom stereocenters.